The van der Waals surface area contributed by atoms with E-state index in [9.17, 15) is 4.79 Å². The lowest BCUT2D eigenvalue weighted by molar-refractivity contribution is 0.122. The third kappa shape index (κ3) is 3.62. The molecule has 0 amide bonds. The molecule has 1 aliphatic heterocycles. The van der Waals surface area contributed by atoms with Crippen LogP contribution < -0.4 is 16.0 Å². The highest BCUT2D eigenvalue weighted by Gasteiger charge is 2.17. The molecule has 4 rings (SSSR count). The smallest absolute Gasteiger partial charge is 0.245 e. The van der Waals surface area contributed by atoms with Crippen LogP contribution in [0.5, 0.6) is 0 Å². The quantitative estimate of drug-likeness (QED) is 0.790. The van der Waals surface area contributed by atoms with Gasteiger partial charge in [-0.25, -0.2) is 4.79 Å². The van der Waals surface area contributed by atoms with E-state index in [-0.39, 0.29) is 12.0 Å². The summed E-state index contributed by atoms with van der Waals surface area (Å²) in [7, 11) is 0. The van der Waals surface area contributed by atoms with Crippen LogP contribution in [0, 0.1) is 0 Å². The minimum Gasteiger partial charge on any atom is -0.378 e. The van der Waals surface area contributed by atoms with Crippen molar-refractivity contribution in [2.24, 2.45) is 0 Å². The van der Waals surface area contributed by atoms with Gasteiger partial charge in [-0.2, -0.15) is 9.67 Å². The Balaban J connectivity index is 1.52. The van der Waals surface area contributed by atoms with E-state index in [0.717, 1.165) is 37.7 Å². The number of nitrogens with two attached hydrogens (primary N) is 1. The number of hydrogen-bond acceptors (Lipinski definition) is 7. The first-order chi connectivity index (χ1) is 13.2. The van der Waals surface area contributed by atoms with Gasteiger partial charge < -0.3 is 20.7 Å². The fraction of sp³-hybridized carbons (Fsp3) is 0.263. The molecule has 1 aliphatic carbocycles. The molecule has 1 atom stereocenters. The van der Waals surface area contributed by atoms with Crippen LogP contribution in [0.2, 0.25) is 0 Å². The highest BCUT2D eigenvalue weighted by Crippen LogP contribution is 2.21. The van der Waals surface area contributed by atoms with Crippen molar-refractivity contribution < 1.29 is 9.53 Å². The monoisotopic (exact) mass is 364 g/mol. The van der Waals surface area contributed by atoms with Crippen LogP contribution in [0.25, 0.3) is 5.69 Å². The Bertz CT molecular complexity index is 918. The Labute approximate surface area is 156 Å². The normalized spacial score (nSPS) is 19.2. The lowest BCUT2D eigenvalue weighted by Gasteiger charge is -2.28. The lowest BCUT2D eigenvalue weighted by Crippen LogP contribution is -2.36. The topological polar surface area (TPSA) is 98.3 Å². The van der Waals surface area contributed by atoms with Gasteiger partial charge in [-0.15, -0.1) is 5.10 Å². The van der Waals surface area contributed by atoms with Crippen LogP contribution in [0.15, 0.2) is 54.1 Å². The van der Waals surface area contributed by atoms with Gasteiger partial charge in [0.25, 0.3) is 0 Å². The Morgan fingerprint density at radius 2 is 1.89 bits per heavy atom. The van der Waals surface area contributed by atoms with Crippen LogP contribution in [0.4, 0.5) is 17.6 Å². The maximum atomic E-state index is 11.0. The average molecular weight is 364 g/mol. The van der Waals surface area contributed by atoms with E-state index < -0.39 is 0 Å². The number of nitrogens with zero attached hydrogens (tertiary/aromatic N) is 4. The molecule has 1 aromatic heterocycles. The van der Waals surface area contributed by atoms with Gasteiger partial charge in [0.2, 0.25) is 11.9 Å². The molecule has 8 heteroatoms. The average Bonchev–Trinajstić information content (AvgIpc) is 3.09. The van der Waals surface area contributed by atoms with E-state index in [1.54, 1.807) is 16.8 Å². The molecular formula is C19H20N6O2. The highest BCUT2D eigenvalue weighted by molar-refractivity contribution is 5.64. The number of ether oxygens (including phenoxy) is 1. The number of hydrogen-bond donors (Lipinski definition) is 2. The summed E-state index contributed by atoms with van der Waals surface area (Å²) >= 11 is 0. The summed E-state index contributed by atoms with van der Waals surface area (Å²) in [5, 5.41) is 7.51. The third-order valence-corrected chi connectivity index (χ3v) is 4.53. The molecule has 0 bridgehead atoms. The van der Waals surface area contributed by atoms with Gasteiger partial charge >= 0.3 is 0 Å². The minimum absolute atomic E-state index is 0.267. The number of morpholine rings is 1. The summed E-state index contributed by atoms with van der Waals surface area (Å²) in [6.07, 6.45) is 7.18. The minimum atomic E-state index is -0.327. The third-order valence-electron chi connectivity index (χ3n) is 4.53. The SMILES string of the molecule is Nc1nc(NC2C=CC=CC2=C=O)nn1-c1ccc(N2CCOCC2)cc1. The zero-order chi connectivity index (χ0) is 18.6. The Kier molecular flexibility index (Phi) is 4.74. The predicted octanol–water partition coefficient (Wildman–Crippen LogP) is 1.35. The Morgan fingerprint density at radius 1 is 1.15 bits per heavy atom. The molecule has 1 aromatic carbocycles. The number of rotatable bonds is 4. The van der Waals surface area contributed by atoms with Gasteiger partial charge in [-0.05, 0) is 30.3 Å². The van der Waals surface area contributed by atoms with Gasteiger partial charge in [-0.3, -0.25) is 0 Å². The summed E-state index contributed by atoms with van der Waals surface area (Å²) in [4.78, 5) is 17.6. The zero-order valence-electron chi connectivity index (χ0n) is 14.7. The molecule has 3 N–H and O–H groups in total. The molecule has 0 radical (unpaired) electrons. The van der Waals surface area contributed by atoms with Gasteiger partial charge in [-0.1, -0.05) is 18.2 Å². The molecule has 2 aliphatic rings. The van der Waals surface area contributed by atoms with Crippen molar-refractivity contribution in [2.75, 3.05) is 42.3 Å². The van der Waals surface area contributed by atoms with Crippen molar-refractivity contribution in [3.63, 3.8) is 0 Å². The molecule has 0 spiro atoms. The van der Waals surface area contributed by atoms with Gasteiger partial charge in [0.05, 0.1) is 30.5 Å². The number of nitrogen functional groups attached to an aromatic ring is 1. The number of aromatic nitrogens is 3. The molecule has 1 unspecified atom stereocenters. The van der Waals surface area contributed by atoms with Crippen molar-refractivity contribution in [1.82, 2.24) is 14.8 Å². The van der Waals surface area contributed by atoms with Crippen molar-refractivity contribution in [1.29, 1.82) is 0 Å². The van der Waals surface area contributed by atoms with Crippen molar-refractivity contribution in [3.05, 3.63) is 54.1 Å². The second-order valence-electron chi connectivity index (χ2n) is 6.24. The van der Waals surface area contributed by atoms with E-state index in [2.05, 4.69) is 20.3 Å². The zero-order valence-corrected chi connectivity index (χ0v) is 14.7. The molecule has 1 fully saturated rings. The molecule has 27 heavy (non-hydrogen) atoms. The van der Waals surface area contributed by atoms with E-state index in [4.69, 9.17) is 10.5 Å². The summed E-state index contributed by atoms with van der Waals surface area (Å²) in [5.74, 6) is 2.54. The molecule has 0 saturated carbocycles. The summed E-state index contributed by atoms with van der Waals surface area (Å²) in [5.41, 5.74) is 8.47. The predicted molar refractivity (Wildman–Crippen MR) is 104 cm³/mol. The Hall–Kier alpha value is -3.35. The summed E-state index contributed by atoms with van der Waals surface area (Å²) < 4.78 is 6.96. The fourth-order valence-corrected chi connectivity index (χ4v) is 3.11. The Morgan fingerprint density at radius 3 is 2.63 bits per heavy atom. The molecule has 138 valence electrons. The first kappa shape index (κ1) is 17.1. The van der Waals surface area contributed by atoms with Crippen LogP contribution >= 0.6 is 0 Å². The van der Waals surface area contributed by atoms with E-state index >= 15 is 0 Å². The number of nitrogens with one attached hydrogen (secondary N) is 1. The van der Waals surface area contributed by atoms with Crippen LogP contribution in [-0.4, -0.2) is 53.1 Å². The number of benzene rings is 1. The van der Waals surface area contributed by atoms with Crippen LogP contribution in [0.3, 0.4) is 0 Å². The summed E-state index contributed by atoms with van der Waals surface area (Å²) in [6, 6.07) is 7.67. The molecule has 8 nitrogen and oxygen atoms in total. The second-order valence-corrected chi connectivity index (χ2v) is 6.24. The van der Waals surface area contributed by atoms with E-state index in [1.807, 2.05) is 42.4 Å². The highest BCUT2D eigenvalue weighted by atomic mass is 16.5. The van der Waals surface area contributed by atoms with Gasteiger partial charge in [0.15, 0.2) is 0 Å². The molecule has 2 heterocycles. The maximum Gasteiger partial charge on any atom is 0.245 e. The number of carbonyl (C=O) groups excluding carboxylic acids is 1. The van der Waals surface area contributed by atoms with E-state index in [0.29, 0.717) is 11.5 Å². The van der Waals surface area contributed by atoms with Gasteiger partial charge in [0.1, 0.15) is 5.94 Å². The molecule has 2 aromatic rings. The molecular weight excluding hydrogens is 344 g/mol. The van der Waals surface area contributed by atoms with Crippen LogP contribution in [0.1, 0.15) is 0 Å². The number of allylic oxidation sites excluding steroid dienone is 2. The van der Waals surface area contributed by atoms with E-state index in [1.165, 1.54) is 0 Å². The first-order valence-electron chi connectivity index (χ1n) is 8.76. The number of anilines is 3. The lowest BCUT2D eigenvalue weighted by atomic mass is 10.0. The van der Waals surface area contributed by atoms with Crippen molar-refractivity contribution in [2.45, 2.75) is 6.04 Å². The largest absolute Gasteiger partial charge is 0.378 e. The van der Waals surface area contributed by atoms with Crippen molar-refractivity contribution in [3.8, 4) is 5.69 Å². The standard InChI is InChI=1S/C19H20N6O2/c20-18-22-19(21-17-4-2-1-3-14(17)13-26)23-25(18)16-7-5-15(6-8-16)24-9-11-27-12-10-24/h1-8,17H,9-12H2,(H3,20,21,22,23). The fourth-order valence-electron chi connectivity index (χ4n) is 3.11. The second kappa shape index (κ2) is 7.49. The van der Waals surface area contributed by atoms with Crippen LogP contribution in [-0.2, 0) is 9.53 Å². The van der Waals surface area contributed by atoms with Crippen molar-refractivity contribution >= 4 is 23.5 Å². The summed E-state index contributed by atoms with van der Waals surface area (Å²) in [6.45, 7) is 3.26. The molecule has 1 saturated heterocycles. The first-order valence-corrected chi connectivity index (χ1v) is 8.76. The maximum absolute atomic E-state index is 11.0. The van der Waals surface area contributed by atoms with Gasteiger partial charge in [0, 0.05) is 18.8 Å².